The zero-order chi connectivity index (χ0) is 15.7. The summed E-state index contributed by atoms with van der Waals surface area (Å²) < 4.78 is 0. The summed E-state index contributed by atoms with van der Waals surface area (Å²) in [5.74, 6) is 1.59. The number of allylic oxidation sites excluding steroid dienone is 2. The maximum atomic E-state index is 12.9. The average molecular weight is 304 g/mol. The van der Waals surface area contributed by atoms with Crippen LogP contribution in [0.25, 0.3) is 0 Å². The van der Waals surface area contributed by atoms with Gasteiger partial charge in [0.2, 0.25) is 11.8 Å². The Morgan fingerprint density at radius 1 is 1.00 bits per heavy atom. The minimum Gasteiger partial charge on any atom is -0.278 e. The van der Waals surface area contributed by atoms with Gasteiger partial charge in [-0.2, -0.15) is 5.26 Å². The van der Waals surface area contributed by atoms with E-state index in [1.165, 1.54) is 11.3 Å². The van der Waals surface area contributed by atoms with E-state index in [-0.39, 0.29) is 35.5 Å². The van der Waals surface area contributed by atoms with Crippen molar-refractivity contribution in [3.63, 3.8) is 0 Å². The van der Waals surface area contributed by atoms with E-state index >= 15 is 0 Å². The highest BCUT2D eigenvalue weighted by Crippen LogP contribution is 2.65. The van der Waals surface area contributed by atoms with Gasteiger partial charge < -0.3 is 0 Å². The van der Waals surface area contributed by atoms with Crippen molar-refractivity contribution in [1.82, 2.24) is 4.90 Å². The molecule has 0 spiro atoms. The number of carbonyl (C=O) groups excluding carboxylic acids is 2. The lowest BCUT2D eigenvalue weighted by Gasteiger charge is -2.37. The van der Waals surface area contributed by atoms with Crippen LogP contribution in [0.5, 0.6) is 0 Å². The Bertz CT molecular complexity index is 753. The molecule has 3 fully saturated rings. The summed E-state index contributed by atoms with van der Waals surface area (Å²) in [6.07, 6.45) is 5.57. The van der Waals surface area contributed by atoms with Gasteiger partial charge >= 0.3 is 0 Å². The Kier molecular flexibility index (Phi) is 2.45. The number of nitrogens with zero attached hydrogens (tertiary/aromatic N) is 2. The van der Waals surface area contributed by atoms with Gasteiger partial charge in [-0.05, 0) is 47.8 Å². The lowest BCUT2D eigenvalue weighted by Crippen LogP contribution is -2.40. The standard InChI is InChI=1S/C19H16N2O2/c20-8-10-1-3-11(4-2-10)9-21-18(22)16-12-5-6-13(15-7-14(12)15)17(16)19(21)23/h1-6,12-17H,7,9H2/t12-,13-,14-,15+,16+,17+/m0/s1. The average Bonchev–Trinajstić information content (AvgIpc) is 3.37. The highest BCUT2D eigenvalue weighted by atomic mass is 16.2. The molecule has 1 aliphatic heterocycles. The summed E-state index contributed by atoms with van der Waals surface area (Å²) in [5.41, 5.74) is 1.48. The Morgan fingerprint density at radius 3 is 2.09 bits per heavy atom. The second kappa shape index (κ2) is 4.32. The van der Waals surface area contributed by atoms with E-state index in [2.05, 4.69) is 18.2 Å². The maximum Gasteiger partial charge on any atom is 0.234 e. The first-order chi connectivity index (χ1) is 11.2. The normalized spacial score (nSPS) is 39.2. The number of imide groups is 1. The Labute approximate surface area is 134 Å². The van der Waals surface area contributed by atoms with E-state index in [1.807, 2.05) is 12.1 Å². The maximum absolute atomic E-state index is 12.9. The third kappa shape index (κ3) is 1.65. The van der Waals surface area contributed by atoms with Crippen molar-refractivity contribution in [2.45, 2.75) is 13.0 Å². The summed E-state index contributed by atoms with van der Waals surface area (Å²) in [6, 6.07) is 9.19. The van der Waals surface area contributed by atoms with Gasteiger partial charge in [-0.25, -0.2) is 0 Å². The minimum atomic E-state index is -0.125. The second-order valence-electron chi connectivity index (χ2n) is 7.23. The van der Waals surface area contributed by atoms with E-state index in [4.69, 9.17) is 5.26 Å². The SMILES string of the molecule is N#Cc1ccc(CN2C(=O)[C@@H]3[C@H]4C=C[C@@H]([C@@H]5C[C@H]45)[C@H]3C2=O)cc1. The summed E-state index contributed by atoms with van der Waals surface area (Å²) in [7, 11) is 0. The zero-order valence-corrected chi connectivity index (χ0v) is 12.6. The molecule has 0 N–H and O–H groups in total. The third-order valence-electron chi connectivity index (χ3n) is 6.18. The molecule has 6 rings (SSSR count). The van der Waals surface area contributed by atoms with Gasteiger partial charge in [0.15, 0.2) is 0 Å². The van der Waals surface area contributed by atoms with Crippen molar-refractivity contribution in [1.29, 1.82) is 5.26 Å². The van der Waals surface area contributed by atoms with Gasteiger partial charge in [-0.1, -0.05) is 24.3 Å². The molecular formula is C19H16N2O2. The van der Waals surface area contributed by atoms with E-state index in [9.17, 15) is 9.59 Å². The molecule has 5 aliphatic rings. The van der Waals surface area contributed by atoms with Crippen molar-refractivity contribution in [2.24, 2.45) is 35.5 Å². The molecule has 1 saturated heterocycles. The number of hydrogen-bond acceptors (Lipinski definition) is 3. The van der Waals surface area contributed by atoms with Crippen molar-refractivity contribution in [3.05, 3.63) is 47.5 Å². The first-order valence-corrected chi connectivity index (χ1v) is 8.21. The van der Waals surface area contributed by atoms with Crippen LogP contribution in [-0.2, 0) is 16.1 Å². The lowest BCUT2D eigenvalue weighted by atomic mass is 9.63. The van der Waals surface area contributed by atoms with E-state index < -0.39 is 0 Å². The molecule has 6 atom stereocenters. The fourth-order valence-electron chi connectivity index (χ4n) is 5.04. The Balaban J connectivity index is 1.44. The number of rotatable bonds is 2. The van der Waals surface area contributed by atoms with Crippen molar-refractivity contribution in [3.8, 4) is 6.07 Å². The van der Waals surface area contributed by atoms with Crippen LogP contribution in [0.2, 0.25) is 0 Å². The molecule has 1 aromatic rings. The first kappa shape index (κ1) is 13.1. The smallest absolute Gasteiger partial charge is 0.234 e. The molecule has 4 nitrogen and oxygen atoms in total. The first-order valence-electron chi connectivity index (χ1n) is 8.21. The molecule has 2 bridgehead atoms. The number of likely N-dealkylation sites (tertiary alicyclic amines) is 1. The van der Waals surface area contributed by atoms with Gasteiger partial charge in [0.25, 0.3) is 0 Å². The molecule has 2 saturated carbocycles. The summed E-state index contributed by atoms with van der Waals surface area (Å²) >= 11 is 0. The molecule has 23 heavy (non-hydrogen) atoms. The number of carbonyl (C=O) groups is 2. The summed E-state index contributed by atoms with van der Waals surface area (Å²) in [6.45, 7) is 0.325. The largest absolute Gasteiger partial charge is 0.278 e. The number of hydrogen-bond donors (Lipinski definition) is 0. The molecule has 1 heterocycles. The zero-order valence-electron chi connectivity index (χ0n) is 12.6. The summed E-state index contributed by atoms with van der Waals surface area (Å²) in [5, 5.41) is 8.86. The van der Waals surface area contributed by atoms with Gasteiger partial charge in [0, 0.05) is 0 Å². The number of benzene rings is 1. The molecule has 114 valence electrons. The van der Waals surface area contributed by atoms with Crippen LogP contribution in [0.3, 0.4) is 0 Å². The van der Waals surface area contributed by atoms with Gasteiger partial charge in [-0.3, -0.25) is 14.5 Å². The summed E-state index contributed by atoms with van der Waals surface area (Å²) in [4.78, 5) is 27.2. The Hall–Kier alpha value is -2.41. The molecule has 4 aliphatic carbocycles. The fraction of sp³-hybridized carbons (Fsp3) is 0.421. The topological polar surface area (TPSA) is 61.2 Å². The molecule has 4 heteroatoms. The number of amides is 2. The predicted octanol–water partition coefficient (Wildman–Crippen LogP) is 2.11. The van der Waals surface area contributed by atoms with Crippen molar-refractivity contribution >= 4 is 11.8 Å². The van der Waals surface area contributed by atoms with Crippen LogP contribution in [-0.4, -0.2) is 16.7 Å². The molecule has 0 aromatic heterocycles. The molecule has 0 radical (unpaired) electrons. The van der Waals surface area contributed by atoms with Crippen LogP contribution in [0.1, 0.15) is 17.5 Å². The van der Waals surface area contributed by atoms with Gasteiger partial charge in [-0.15, -0.1) is 0 Å². The van der Waals surface area contributed by atoms with Crippen LogP contribution in [0.4, 0.5) is 0 Å². The molecule has 1 aromatic carbocycles. The van der Waals surface area contributed by atoms with E-state index in [0.717, 1.165) is 5.56 Å². The van der Waals surface area contributed by atoms with E-state index in [1.54, 1.807) is 12.1 Å². The quantitative estimate of drug-likeness (QED) is 0.621. The highest BCUT2D eigenvalue weighted by molar-refractivity contribution is 6.06. The predicted molar refractivity (Wildman–Crippen MR) is 81.4 cm³/mol. The molecule has 2 amide bonds. The molecule has 0 unspecified atom stereocenters. The van der Waals surface area contributed by atoms with Crippen LogP contribution in [0.15, 0.2) is 36.4 Å². The van der Waals surface area contributed by atoms with E-state index in [0.29, 0.717) is 23.9 Å². The highest BCUT2D eigenvalue weighted by Gasteiger charge is 2.66. The van der Waals surface area contributed by atoms with Crippen molar-refractivity contribution < 1.29 is 9.59 Å². The minimum absolute atomic E-state index is 0.00839. The van der Waals surface area contributed by atoms with Crippen LogP contribution >= 0.6 is 0 Å². The van der Waals surface area contributed by atoms with Gasteiger partial charge in [0.1, 0.15) is 0 Å². The Morgan fingerprint density at radius 2 is 1.57 bits per heavy atom. The van der Waals surface area contributed by atoms with Crippen LogP contribution < -0.4 is 0 Å². The second-order valence-corrected chi connectivity index (χ2v) is 7.23. The lowest BCUT2D eigenvalue weighted by molar-refractivity contribution is -0.140. The van der Waals surface area contributed by atoms with Gasteiger partial charge in [0.05, 0.1) is 30.0 Å². The molecular weight excluding hydrogens is 288 g/mol. The monoisotopic (exact) mass is 304 g/mol. The number of nitriles is 1. The fourth-order valence-corrected chi connectivity index (χ4v) is 5.04. The van der Waals surface area contributed by atoms with Crippen LogP contribution in [0, 0.1) is 46.8 Å². The van der Waals surface area contributed by atoms with Crippen molar-refractivity contribution in [2.75, 3.05) is 0 Å². The third-order valence-corrected chi connectivity index (χ3v) is 6.18.